The molecule has 0 aliphatic carbocycles. The summed E-state index contributed by atoms with van der Waals surface area (Å²) in [6.45, 7) is 5.58. The number of rotatable bonds is 7. The predicted octanol–water partition coefficient (Wildman–Crippen LogP) is 1.88. The van der Waals surface area contributed by atoms with Gasteiger partial charge in [0.2, 0.25) is 5.91 Å². The van der Waals surface area contributed by atoms with E-state index >= 15 is 0 Å². The van der Waals surface area contributed by atoms with Crippen LogP contribution < -0.4 is 5.32 Å². The zero-order valence-corrected chi connectivity index (χ0v) is 11.5. The number of amides is 1. The fourth-order valence-corrected chi connectivity index (χ4v) is 1.93. The third-order valence-electron chi connectivity index (χ3n) is 3.44. The topological polar surface area (TPSA) is 92.4 Å². The van der Waals surface area contributed by atoms with Gasteiger partial charge in [0.05, 0.1) is 17.7 Å². The first-order valence-electron chi connectivity index (χ1n) is 6.36. The van der Waals surface area contributed by atoms with Crippen LogP contribution in [0.25, 0.3) is 0 Å². The van der Waals surface area contributed by atoms with E-state index in [0.717, 1.165) is 5.69 Å². The zero-order valence-electron chi connectivity index (χ0n) is 11.5. The van der Waals surface area contributed by atoms with Gasteiger partial charge in [-0.2, -0.15) is 0 Å². The van der Waals surface area contributed by atoms with Crippen LogP contribution in [-0.4, -0.2) is 22.1 Å². The van der Waals surface area contributed by atoms with Crippen molar-refractivity contribution in [3.63, 3.8) is 0 Å². The van der Waals surface area contributed by atoms with Gasteiger partial charge in [0.1, 0.15) is 0 Å². The third-order valence-corrected chi connectivity index (χ3v) is 3.44. The lowest BCUT2D eigenvalue weighted by Gasteiger charge is -2.25. The lowest BCUT2D eigenvalue weighted by Crippen LogP contribution is -2.36. The molecule has 19 heavy (non-hydrogen) atoms. The van der Waals surface area contributed by atoms with E-state index in [9.17, 15) is 14.7 Å². The van der Waals surface area contributed by atoms with Crippen molar-refractivity contribution in [2.45, 2.75) is 46.6 Å². The van der Waals surface area contributed by atoms with E-state index in [0.29, 0.717) is 18.6 Å². The molecule has 0 aromatic carbocycles. The smallest absolute Gasteiger partial charge is 0.310 e. The minimum absolute atomic E-state index is 0.0253. The molecule has 1 rings (SSSR count). The number of carboxylic acids is 1. The summed E-state index contributed by atoms with van der Waals surface area (Å²) in [4.78, 5) is 23.1. The summed E-state index contributed by atoms with van der Waals surface area (Å²) in [5, 5.41) is 15.6. The number of aliphatic carboxylic acids is 1. The summed E-state index contributed by atoms with van der Waals surface area (Å²) in [5.41, 5.74) is -0.243. The van der Waals surface area contributed by atoms with Gasteiger partial charge in [-0.25, -0.2) is 0 Å². The molecule has 0 spiro atoms. The van der Waals surface area contributed by atoms with Gasteiger partial charge in [-0.15, -0.1) is 0 Å². The van der Waals surface area contributed by atoms with Gasteiger partial charge in [-0.05, 0) is 19.8 Å². The number of aryl methyl sites for hydroxylation is 1. The number of carbonyl (C=O) groups is 2. The average molecular weight is 268 g/mol. The second-order valence-electron chi connectivity index (χ2n) is 4.68. The number of hydrogen-bond donors (Lipinski definition) is 2. The summed E-state index contributed by atoms with van der Waals surface area (Å²) in [6.07, 6.45) is 0.823. The fourth-order valence-electron chi connectivity index (χ4n) is 1.93. The van der Waals surface area contributed by atoms with Gasteiger partial charge in [-0.1, -0.05) is 19.0 Å². The molecule has 0 aliphatic heterocycles. The Labute approximate surface area is 112 Å². The van der Waals surface area contributed by atoms with Crippen LogP contribution in [0.5, 0.6) is 0 Å². The quantitative estimate of drug-likeness (QED) is 0.787. The molecule has 0 saturated carbocycles. The van der Waals surface area contributed by atoms with Crippen LogP contribution >= 0.6 is 0 Å². The van der Waals surface area contributed by atoms with Crippen LogP contribution in [0.2, 0.25) is 0 Å². The Morgan fingerprint density at radius 2 is 2.05 bits per heavy atom. The van der Waals surface area contributed by atoms with Crippen LogP contribution in [0.4, 0.5) is 0 Å². The average Bonchev–Trinajstić information content (AvgIpc) is 2.79. The van der Waals surface area contributed by atoms with Gasteiger partial charge in [0.15, 0.2) is 5.76 Å². The van der Waals surface area contributed by atoms with Crippen LogP contribution in [0, 0.1) is 12.3 Å². The molecule has 1 heterocycles. The molecule has 0 fully saturated rings. The maximum Gasteiger partial charge on any atom is 0.310 e. The van der Waals surface area contributed by atoms with Gasteiger partial charge in [0, 0.05) is 12.5 Å². The van der Waals surface area contributed by atoms with Crippen LogP contribution in [0.3, 0.4) is 0 Å². The Balaban J connectivity index is 2.56. The van der Waals surface area contributed by atoms with Gasteiger partial charge >= 0.3 is 5.97 Å². The minimum atomic E-state index is -0.985. The first kappa shape index (κ1) is 15.2. The van der Waals surface area contributed by atoms with Crippen molar-refractivity contribution in [1.82, 2.24) is 10.5 Å². The molecule has 0 aliphatic rings. The van der Waals surface area contributed by atoms with E-state index in [2.05, 4.69) is 10.5 Å². The Morgan fingerprint density at radius 1 is 1.42 bits per heavy atom. The van der Waals surface area contributed by atoms with Crippen molar-refractivity contribution in [3.8, 4) is 0 Å². The van der Waals surface area contributed by atoms with Crippen molar-refractivity contribution >= 4 is 11.9 Å². The van der Waals surface area contributed by atoms with E-state index in [4.69, 9.17) is 4.52 Å². The summed E-state index contributed by atoms with van der Waals surface area (Å²) < 4.78 is 4.96. The van der Waals surface area contributed by atoms with Gasteiger partial charge in [0.25, 0.3) is 0 Å². The first-order valence-corrected chi connectivity index (χ1v) is 6.36. The van der Waals surface area contributed by atoms with Crippen molar-refractivity contribution in [3.05, 3.63) is 17.5 Å². The summed E-state index contributed by atoms with van der Waals surface area (Å²) in [6, 6.07) is 1.73. The second kappa shape index (κ2) is 6.36. The van der Waals surface area contributed by atoms with Crippen LogP contribution in [0.1, 0.15) is 44.6 Å². The molecule has 0 atom stereocenters. The van der Waals surface area contributed by atoms with Crippen LogP contribution in [-0.2, 0) is 16.1 Å². The Kier molecular flexibility index (Phi) is 5.09. The highest BCUT2D eigenvalue weighted by Crippen LogP contribution is 2.30. The number of carboxylic acid groups (broad SMARTS) is 1. The number of aromatic nitrogens is 1. The van der Waals surface area contributed by atoms with E-state index < -0.39 is 11.4 Å². The van der Waals surface area contributed by atoms with E-state index in [1.807, 2.05) is 0 Å². The highest BCUT2D eigenvalue weighted by molar-refractivity contribution is 5.84. The molecule has 0 saturated heterocycles. The Morgan fingerprint density at radius 3 is 2.47 bits per heavy atom. The Bertz CT molecular complexity index is 449. The number of nitrogens with zero attached hydrogens (tertiary/aromatic N) is 1. The lowest BCUT2D eigenvalue weighted by atomic mass is 9.79. The molecule has 106 valence electrons. The van der Waals surface area contributed by atoms with Crippen LogP contribution in [0.15, 0.2) is 10.6 Å². The Hall–Kier alpha value is -1.85. The molecule has 1 amide bonds. The van der Waals surface area contributed by atoms with E-state index in [1.54, 1.807) is 26.8 Å². The standard InChI is InChI=1S/C13H20N2O4/c1-4-13(5-2,12(17)18)7-11(16)14-8-10-6-9(3)15-19-10/h6H,4-5,7-8H2,1-3H3,(H,14,16)(H,17,18). The van der Waals surface area contributed by atoms with Crippen molar-refractivity contribution in [1.29, 1.82) is 0 Å². The second-order valence-corrected chi connectivity index (χ2v) is 4.68. The minimum Gasteiger partial charge on any atom is -0.481 e. The molecule has 0 bridgehead atoms. The number of carbonyl (C=O) groups excluding carboxylic acids is 1. The molecule has 1 aromatic rings. The molecule has 2 N–H and O–H groups in total. The summed E-state index contributed by atoms with van der Waals surface area (Å²) in [7, 11) is 0. The monoisotopic (exact) mass is 268 g/mol. The summed E-state index contributed by atoms with van der Waals surface area (Å²) >= 11 is 0. The van der Waals surface area contributed by atoms with Crippen molar-refractivity contribution in [2.24, 2.45) is 5.41 Å². The normalized spacial score (nSPS) is 11.3. The molecule has 0 radical (unpaired) electrons. The summed E-state index contributed by atoms with van der Waals surface area (Å²) in [5.74, 6) is -0.664. The van der Waals surface area contributed by atoms with E-state index in [-0.39, 0.29) is 18.9 Å². The fraction of sp³-hybridized carbons (Fsp3) is 0.615. The zero-order chi connectivity index (χ0) is 14.5. The third kappa shape index (κ3) is 3.81. The maximum atomic E-state index is 11.8. The maximum absolute atomic E-state index is 11.8. The number of hydrogen-bond acceptors (Lipinski definition) is 4. The highest BCUT2D eigenvalue weighted by Gasteiger charge is 2.37. The predicted molar refractivity (Wildman–Crippen MR) is 68.4 cm³/mol. The molecule has 6 nitrogen and oxygen atoms in total. The first-order chi connectivity index (χ1) is 8.93. The van der Waals surface area contributed by atoms with Crippen molar-refractivity contribution in [2.75, 3.05) is 0 Å². The lowest BCUT2D eigenvalue weighted by molar-refractivity contribution is -0.152. The molecule has 1 aromatic heterocycles. The van der Waals surface area contributed by atoms with Crippen molar-refractivity contribution < 1.29 is 19.2 Å². The molecular formula is C13H20N2O4. The van der Waals surface area contributed by atoms with Gasteiger partial charge < -0.3 is 14.9 Å². The highest BCUT2D eigenvalue weighted by atomic mass is 16.5. The van der Waals surface area contributed by atoms with E-state index in [1.165, 1.54) is 0 Å². The SMILES string of the molecule is CCC(CC)(CC(=O)NCc1cc(C)no1)C(=O)O. The molecular weight excluding hydrogens is 248 g/mol. The molecule has 0 unspecified atom stereocenters. The van der Waals surface area contributed by atoms with Gasteiger partial charge in [-0.3, -0.25) is 9.59 Å². The molecule has 6 heteroatoms. The largest absolute Gasteiger partial charge is 0.481 e. The number of nitrogens with one attached hydrogen (secondary N) is 1.